The van der Waals surface area contributed by atoms with Crippen molar-refractivity contribution >= 4 is 0 Å². The minimum Gasteiger partial charge on any atom is -0.390 e. The summed E-state index contributed by atoms with van der Waals surface area (Å²) in [6.45, 7) is 4.20. The van der Waals surface area contributed by atoms with E-state index < -0.39 is 0 Å². The second kappa shape index (κ2) is 3.69. The molecule has 1 aliphatic rings. The van der Waals surface area contributed by atoms with Gasteiger partial charge in [0.25, 0.3) is 0 Å². The van der Waals surface area contributed by atoms with Crippen LogP contribution in [-0.2, 0) is 6.61 Å². The fraction of sp³-hybridized carbons (Fsp3) is 0.800. The largest absolute Gasteiger partial charge is 0.390 e. The van der Waals surface area contributed by atoms with E-state index in [0.29, 0.717) is 12.0 Å². The van der Waals surface area contributed by atoms with Crippen molar-refractivity contribution in [3.63, 3.8) is 0 Å². The third kappa shape index (κ3) is 1.43. The quantitative estimate of drug-likeness (QED) is 0.797. The van der Waals surface area contributed by atoms with Gasteiger partial charge < -0.3 is 5.11 Å². The normalized spacial score (nSPS) is 17.4. The first kappa shape index (κ1) is 9.65. The highest BCUT2D eigenvalue weighted by Gasteiger charge is 2.27. The van der Waals surface area contributed by atoms with Gasteiger partial charge >= 0.3 is 0 Å². The Bertz CT molecular complexity index is 315. The van der Waals surface area contributed by atoms with Crippen LogP contribution in [0.5, 0.6) is 0 Å². The zero-order valence-corrected chi connectivity index (χ0v) is 8.77. The number of aliphatic hydroxyl groups excluding tert-OH is 1. The summed E-state index contributed by atoms with van der Waals surface area (Å²) in [6.07, 6.45) is 3.72. The number of aromatic nitrogens is 3. The van der Waals surface area contributed by atoms with Crippen LogP contribution in [0.1, 0.15) is 56.5 Å². The maximum absolute atomic E-state index is 9.17. The lowest BCUT2D eigenvalue weighted by atomic mass is 9.82. The van der Waals surface area contributed by atoms with Crippen molar-refractivity contribution in [3.05, 3.63) is 11.4 Å². The van der Waals surface area contributed by atoms with Crippen molar-refractivity contribution in [1.82, 2.24) is 15.0 Å². The second-order valence-corrected chi connectivity index (χ2v) is 4.25. The highest BCUT2D eigenvalue weighted by atomic mass is 16.3. The zero-order chi connectivity index (χ0) is 10.1. The Morgan fingerprint density at radius 2 is 2.21 bits per heavy atom. The standard InChI is InChI=1S/C10H17N3O/c1-7(2)13-10(8-4-3-5-8)9(6-14)11-12-13/h7-8,14H,3-6H2,1-2H3. The molecule has 0 atom stereocenters. The lowest BCUT2D eigenvalue weighted by Gasteiger charge is -2.27. The summed E-state index contributed by atoms with van der Waals surface area (Å²) in [6, 6.07) is 0.332. The molecule has 0 unspecified atom stereocenters. The minimum atomic E-state index is 0.0125. The molecule has 0 bridgehead atoms. The Kier molecular flexibility index (Phi) is 2.54. The van der Waals surface area contributed by atoms with Crippen LogP contribution >= 0.6 is 0 Å². The topological polar surface area (TPSA) is 50.9 Å². The SMILES string of the molecule is CC(C)n1nnc(CO)c1C1CCC1. The van der Waals surface area contributed by atoms with Crippen LogP contribution in [-0.4, -0.2) is 20.1 Å². The molecule has 0 aliphatic heterocycles. The van der Waals surface area contributed by atoms with Gasteiger partial charge in [0.05, 0.1) is 12.3 Å². The van der Waals surface area contributed by atoms with Crippen molar-refractivity contribution in [1.29, 1.82) is 0 Å². The third-order valence-electron chi connectivity index (χ3n) is 2.94. The van der Waals surface area contributed by atoms with Crippen molar-refractivity contribution in [2.24, 2.45) is 0 Å². The molecule has 0 aromatic carbocycles. The number of hydrogen-bond donors (Lipinski definition) is 1. The summed E-state index contributed by atoms with van der Waals surface area (Å²) < 4.78 is 1.95. The number of hydrogen-bond acceptors (Lipinski definition) is 3. The lowest BCUT2D eigenvalue weighted by Crippen LogP contribution is -2.18. The van der Waals surface area contributed by atoms with Crippen molar-refractivity contribution in [2.75, 3.05) is 0 Å². The smallest absolute Gasteiger partial charge is 0.112 e. The summed E-state index contributed by atoms with van der Waals surface area (Å²) in [5.74, 6) is 0.578. The highest BCUT2D eigenvalue weighted by Crippen LogP contribution is 2.38. The molecular weight excluding hydrogens is 178 g/mol. The average Bonchev–Trinajstić information content (AvgIpc) is 2.45. The van der Waals surface area contributed by atoms with Gasteiger partial charge in [-0.25, -0.2) is 4.68 Å². The molecule has 1 saturated carbocycles. The molecule has 1 aromatic heterocycles. The molecule has 1 N–H and O–H groups in total. The van der Waals surface area contributed by atoms with Crippen LogP contribution in [0.25, 0.3) is 0 Å². The van der Waals surface area contributed by atoms with Crippen molar-refractivity contribution in [2.45, 2.75) is 51.7 Å². The molecular formula is C10H17N3O. The molecule has 78 valence electrons. The van der Waals surface area contributed by atoms with Crippen molar-refractivity contribution < 1.29 is 5.11 Å². The maximum atomic E-state index is 9.17. The van der Waals surface area contributed by atoms with Crippen LogP contribution in [0.15, 0.2) is 0 Å². The lowest BCUT2D eigenvalue weighted by molar-refractivity contribution is 0.271. The van der Waals surface area contributed by atoms with E-state index in [2.05, 4.69) is 24.2 Å². The molecule has 1 aliphatic carbocycles. The predicted octanol–water partition coefficient (Wildman–Crippen LogP) is 1.62. The molecule has 14 heavy (non-hydrogen) atoms. The first-order valence-corrected chi connectivity index (χ1v) is 5.29. The fourth-order valence-corrected chi connectivity index (χ4v) is 1.93. The van der Waals surface area contributed by atoms with Crippen LogP contribution in [0.4, 0.5) is 0 Å². The minimum absolute atomic E-state index is 0.0125. The average molecular weight is 195 g/mol. The summed E-state index contributed by atoms with van der Waals surface area (Å²) in [5.41, 5.74) is 1.93. The molecule has 0 saturated heterocycles. The van der Waals surface area contributed by atoms with Crippen molar-refractivity contribution in [3.8, 4) is 0 Å². The molecule has 1 aromatic rings. The van der Waals surface area contributed by atoms with E-state index >= 15 is 0 Å². The Morgan fingerprint density at radius 1 is 1.50 bits per heavy atom. The summed E-state index contributed by atoms with van der Waals surface area (Å²) >= 11 is 0. The van der Waals surface area contributed by atoms with Crippen LogP contribution in [0.2, 0.25) is 0 Å². The Labute approximate surface area is 83.9 Å². The van der Waals surface area contributed by atoms with Gasteiger partial charge in [-0.1, -0.05) is 11.6 Å². The van der Waals surface area contributed by atoms with Gasteiger partial charge in [-0.3, -0.25) is 0 Å². The van der Waals surface area contributed by atoms with E-state index in [1.165, 1.54) is 19.3 Å². The highest BCUT2D eigenvalue weighted by molar-refractivity contribution is 5.17. The van der Waals surface area contributed by atoms with E-state index in [-0.39, 0.29) is 6.61 Å². The van der Waals surface area contributed by atoms with Gasteiger partial charge in [-0.05, 0) is 26.7 Å². The fourth-order valence-electron chi connectivity index (χ4n) is 1.93. The van der Waals surface area contributed by atoms with Gasteiger partial charge in [0.15, 0.2) is 0 Å². The Balaban J connectivity index is 2.35. The Hall–Kier alpha value is -0.900. The van der Waals surface area contributed by atoms with Gasteiger partial charge in [0, 0.05) is 12.0 Å². The number of nitrogens with zero attached hydrogens (tertiary/aromatic N) is 3. The van der Waals surface area contributed by atoms with E-state index in [1.54, 1.807) is 0 Å². The van der Waals surface area contributed by atoms with E-state index in [9.17, 15) is 0 Å². The molecule has 2 rings (SSSR count). The molecule has 1 heterocycles. The monoisotopic (exact) mass is 195 g/mol. The van der Waals surface area contributed by atoms with Gasteiger partial charge in [-0.15, -0.1) is 5.10 Å². The molecule has 4 nitrogen and oxygen atoms in total. The summed E-state index contributed by atoms with van der Waals surface area (Å²) in [7, 11) is 0. The van der Waals surface area contributed by atoms with Crippen LogP contribution in [0, 0.1) is 0 Å². The number of rotatable bonds is 3. The molecule has 0 spiro atoms. The molecule has 4 heteroatoms. The van der Waals surface area contributed by atoms with E-state index in [4.69, 9.17) is 5.11 Å². The second-order valence-electron chi connectivity index (χ2n) is 4.25. The van der Waals surface area contributed by atoms with Gasteiger partial charge in [0.2, 0.25) is 0 Å². The zero-order valence-electron chi connectivity index (χ0n) is 8.77. The first-order chi connectivity index (χ1) is 6.74. The van der Waals surface area contributed by atoms with Gasteiger partial charge in [0.1, 0.15) is 5.69 Å². The molecule has 1 fully saturated rings. The summed E-state index contributed by atoms with van der Waals surface area (Å²) in [5, 5.41) is 17.3. The van der Waals surface area contributed by atoms with Crippen LogP contribution in [0.3, 0.4) is 0 Å². The summed E-state index contributed by atoms with van der Waals surface area (Å²) in [4.78, 5) is 0. The van der Waals surface area contributed by atoms with Crippen LogP contribution < -0.4 is 0 Å². The predicted molar refractivity (Wildman–Crippen MR) is 52.9 cm³/mol. The van der Waals surface area contributed by atoms with E-state index in [0.717, 1.165) is 11.4 Å². The van der Waals surface area contributed by atoms with E-state index in [1.807, 2.05) is 4.68 Å². The Morgan fingerprint density at radius 3 is 2.64 bits per heavy atom. The van der Waals surface area contributed by atoms with Gasteiger partial charge in [-0.2, -0.15) is 0 Å². The molecule has 0 amide bonds. The molecule has 0 radical (unpaired) electrons. The first-order valence-electron chi connectivity index (χ1n) is 5.29. The maximum Gasteiger partial charge on any atom is 0.112 e. The number of aliphatic hydroxyl groups is 1. The third-order valence-corrected chi connectivity index (χ3v) is 2.94.